The first kappa shape index (κ1) is 10.5. The number of imidazole rings is 1. The molecule has 0 unspecified atom stereocenters. The van der Waals surface area contributed by atoms with Crippen LogP contribution in [0.1, 0.15) is 31.5 Å². The lowest BCUT2D eigenvalue weighted by Gasteiger charge is -2.24. The summed E-state index contributed by atoms with van der Waals surface area (Å²) in [5.41, 5.74) is 13.3. The Labute approximate surface area is 99.6 Å². The summed E-state index contributed by atoms with van der Waals surface area (Å²) in [5, 5.41) is 0. The zero-order valence-electron chi connectivity index (χ0n) is 9.74. The van der Waals surface area contributed by atoms with Gasteiger partial charge in [0.25, 0.3) is 0 Å². The number of hydrogen-bond donors (Lipinski definition) is 3. The molecule has 2 heterocycles. The maximum Gasteiger partial charge on any atom is 0.179 e. The van der Waals surface area contributed by atoms with Gasteiger partial charge in [0, 0.05) is 12.0 Å². The molecule has 5 heteroatoms. The van der Waals surface area contributed by atoms with E-state index in [4.69, 9.17) is 11.5 Å². The zero-order valence-corrected chi connectivity index (χ0v) is 9.74. The lowest BCUT2D eigenvalue weighted by atomic mass is 9.85. The van der Waals surface area contributed by atoms with E-state index in [1.165, 1.54) is 12.8 Å². The number of nitrogen functional groups attached to an aromatic ring is 1. The van der Waals surface area contributed by atoms with E-state index in [0.717, 1.165) is 24.2 Å². The fraction of sp³-hybridized carbons (Fsp3) is 0.500. The highest BCUT2D eigenvalue weighted by molar-refractivity contribution is 5.72. The Kier molecular flexibility index (Phi) is 2.29. The second-order valence-electron chi connectivity index (χ2n) is 4.88. The van der Waals surface area contributed by atoms with Crippen LogP contribution in [0.4, 0.5) is 5.82 Å². The summed E-state index contributed by atoms with van der Waals surface area (Å²) in [7, 11) is 0. The Bertz CT molecular complexity index is 539. The molecule has 0 radical (unpaired) electrons. The molecule has 1 aliphatic rings. The van der Waals surface area contributed by atoms with Crippen molar-refractivity contribution in [2.75, 3.05) is 12.3 Å². The van der Waals surface area contributed by atoms with Gasteiger partial charge in [0.2, 0.25) is 0 Å². The Morgan fingerprint density at radius 2 is 2.00 bits per heavy atom. The average Bonchev–Trinajstić information content (AvgIpc) is 2.94. The SMILES string of the molecule is NCC1(c2nc3nc(N)ccc3[nH]2)CCCC1. The van der Waals surface area contributed by atoms with Crippen LogP contribution in [0.5, 0.6) is 0 Å². The third-order valence-electron chi connectivity index (χ3n) is 3.82. The standard InChI is InChI=1S/C12H17N5/c13-7-12(5-1-2-6-12)11-15-8-3-4-9(14)16-10(8)17-11/h3-4H,1-2,5-7,13H2,(H3,14,15,16,17). The van der Waals surface area contributed by atoms with Crippen molar-refractivity contribution in [1.29, 1.82) is 0 Å². The topological polar surface area (TPSA) is 93.6 Å². The summed E-state index contributed by atoms with van der Waals surface area (Å²) in [6, 6.07) is 3.71. The van der Waals surface area contributed by atoms with Crippen molar-refractivity contribution in [3.05, 3.63) is 18.0 Å². The van der Waals surface area contributed by atoms with Crippen LogP contribution in [-0.4, -0.2) is 21.5 Å². The molecule has 1 fully saturated rings. The zero-order chi connectivity index (χ0) is 11.9. The van der Waals surface area contributed by atoms with Crippen molar-refractivity contribution in [3.8, 4) is 0 Å². The van der Waals surface area contributed by atoms with Crippen LogP contribution in [0.25, 0.3) is 11.2 Å². The molecule has 3 rings (SSSR count). The van der Waals surface area contributed by atoms with Crippen molar-refractivity contribution >= 4 is 17.0 Å². The van der Waals surface area contributed by atoms with Gasteiger partial charge in [0.05, 0.1) is 5.52 Å². The molecule has 90 valence electrons. The Morgan fingerprint density at radius 3 is 2.71 bits per heavy atom. The van der Waals surface area contributed by atoms with E-state index in [9.17, 15) is 0 Å². The summed E-state index contributed by atoms with van der Waals surface area (Å²) < 4.78 is 0. The van der Waals surface area contributed by atoms with Gasteiger partial charge < -0.3 is 16.5 Å². The second-order valence-corrected chi connectivity index (χ2v) is 4.88. The minimum Gasteiger partial charge on any atom is -0.384 e. The largest absolute Gasteiger partial charge is 0.384 e. The molecule has 1 saturated carbocycles. The molecule has 5 N–H and O–H groups in total. The van der Waals surface area contributed by atoms with E-state index in [1.54, 1.807) is 6.07 Å². The molecule has 1 aliphatic carbocycles. The van der Waals surface area contributed by atoms with E-state index in [1.807, 2.05) is 6.07 Å². The van der Waals surface area contributed by atoms with Gasteiger partial charge in [-0.25, -0.2) is 9.97 Å². The summed E-state index contributed by atoms with van der Waals surface area (Å²) >= 11 is 0. The molecule has 0 bridgehead atoms. The third kappa shape index (κ3) is 1.58. The molecular weight excluding hydrogens is 214 g/mol. The van der Waals surface area contributed by atoms with E-state index >= 15 is 0 Å². The van der Waals surface area contributed by atoms with Crippen LogP contribution in [0, 0.1) is 0 Å². The quantitative estimate of drug-likeness (QED) is 0.726. The molecule has 2 aromatic heterocycles. The highest BCUT2D eigenvalue weighted by Crippen LogP contribution is 2.39. The summed E-state index contributed by atoms with van der Waals surface area (Å²) in [4.78, 5) is 12.1. The molecule has 0 amide bonds. The minimum atomic E-state index is 0.0233. The Balaban J connectivity index is 2.11. The number of nitrogens with two attached hydrogens (primary N) is 2. The van der Waals surface area contributed by atoms with Crippen LogP contribution in [0.3, 0.4) is 0 Å². The van der Waals surface area contributed by atoms with Gasteiger partial charge in [-0.2, -0.15) is 0 Å². The van der Waals surface area contributed by atoms with Gasteiger partial charge in [0.15, 0.2) is 5.65 Å². The molecule has 0 atom stereocenters. The normalized spacial score (nSPS) is 18.9. The van der Waals surface area contributed by atoms with Crippen LogP contribution in [0.2, 0.25) is 0 Å². The van der Waals surface area contributed by atoms with Gasteiger partial charge >= 0.3 is 0 Å². The number of fused-ring (bicyclic) bond motifs is 1. The van der Waals surface area contributed by atoms with Crippen LogP contribution < -0.4 is 11.5 Å². The predicted octanol–water partition coefficient (Wildman–Crippen LogP) is 1.31. The van der Waals surface area contributed by atoms with Crippen molar-refractivity contribution in [1.82, 2.24) is 15.0 Å². The number of H-pyrrole nitrogens is 1. The second kappa shape index (κ2) is 3.70. The maximum absolute atomic E-state index is 5.95. The predicted molar refractivity (Wildman–Crippen MR) is 67.5 cm³/mol. The first-order valence-corrected chi connectivity index (χ1v) is 6.06. The monoisotopic (exact) mass is 231 g/mol. The fourth-order valence-corrected chi connectivity index (χ4v) is 2.75. The first-order chi connectivity index (χ1) is 8.23. The minimum absolute atomic E-state index is 0.0233. The van der Waals surface area contributed by atoms with E-state index in [-0.39, 0.29) is 5.41 Å². The molecule has 0 spiro atoms. The molecular formula is C12H17N5. The van der Waals surface area contributed by atoms with Crippen molar-refractivity contribution in [3.63, 3.8) is 0 Å². The number of hydrogen-bond acceptors (Lipinski definition) is 4. The maximum atomic E-state index is 5.95. The van der Waals surface area contributed by atoms with Gasteiger partial charge in [-0.3, -0.25) is 0 Å². The first-order valence-electron chi connectivity index (χ1n) is 6.06. The van der Waals surface area contributed by atoms with Crippen molar-refractivity contribution in [2.24, 2.45) is 5.73 Å². The number of nitrogens with zero attached hydrogens (tertiary/aromatic N) is 2. The van der Waals surface area contributed by atoms with E-state index in [0.29, 0.717) is 18.0 Å². The summed E-state index contributed by atoms with van der Waals surface area (Å²) in [6.07, 6.45) is 4.67. The number of rotatable bonds is 2. The van der Waals surface area contributed by atoms with Crippen LogP contribution in [-0.2, 0) is 5.41 Å². The Hall–Kier alpha value is -1.62. The number of aromatic nitrogens is 3. The molecule has 2 aromatic rings. The highest BCUT2D eigenvalue weighted by Gasteiger charge is 2.37. The third-order valence-corrected chi connectivity index (χ3v) is 3.82. The summed E-state index contributed by atoms with van der Waals surface area (Å²) in [6.45, 7) is 0.641. The van der Waals surface area contributed by atoms with Crippen molar-refractivity contribution < 1.29 is 0 Å². The van der Waals surface area contributed by atoms with Crippen molar-refractivity contribution in [2.45, 2.75) is 31.1 Å². The Morgan fingerprint density at radius 1 is 1.24 bits per heavy atom. The molecule has 5 nitrogen and oxygen atoms in total. The number of nitrogens with one attached hydrogen (secondary N) is 1. The average molecular weight is 231 g/mol. The summed E-state index contributed by atoms with van der Waals surface area (Å²) in [5.74, 6) is 1.48. The molecule has 0 aromatic carbocycles. The van der Waals surface area contributed by atoms with Gasteiger partial charge in [0.1, 0.15) is 11.6 Å². The fourth-order valence-electron chi connectivity index (χ4n) is 2.75. The lowest BCUT2D eigenvalue weighted by molar-refractivity contribution is 0.429. The molecule has 17 heavy (non-hydrogen) atoms. The number of aromatic amines is 1. The molecule has 0 aliphatic heterocycles. The van der Waals surface area contributed by atoms with Gasteiger partial charge in [-0.1, -0.05) is 12.8 Å². The number of anilines is 1. The van der Waals surface area contributed by atoms with Gasteiger partial charge in [-0.15, -0.1) is 0 Å². The lowest BCUT2D eigenvalue weighted by Crippen LogP contribution is -2.33. The highest BCUT2D eigenvalue weighted by atomic mass is 15.0. The smallest absolute Gasteiger partial charge is 0.179 e. The van der Waals surface area contributed by atoms with Gasteiger partial charge in [-0.05, 0) is 25.0 Å². The van der Waals surface area contributed by atoms with Crippen LogP contribution >= 0.6 is 0 Å². The van der Waals surface area contributed by atoms with E-state index < -0.39 is 0 Å². The van der Waals surface area contributed by atoms with E-state index in [2.05, 4.69) is 15.0 Å². The molecule has 0 saturated heterocycles. The number of pyridine rings is 1. The van der Waals surface area contributed by atoms with Crippen LogP contribution in [0.15, 0.2) is 12.1 Å².